The largest absolute Gasteiger partial charge is 0.309 e. The van der Waals surface area contributed by atoms with E-state index in [1.54, 1.807) is 0 Å². The Morgan fingerprint density at radius 1 is 0.242 bits per heavy atom. The van der Waals surface area contributed by atoms with E-state index >= 15 is 0 Å². The van der Waals surface area contributed by atoms with Crippen molar-refractivity contribution in [1.82, 2.24) is 9.13 Å². The van der Waals surface area contributed by atoms with Crippen LogP contribution < -0.4 is 0 Å². The molecule has 0 atom stereocenters. The Balaban J connectivity index is 0.924. The zero-order valence-corrected chi connectivity index (χ0v) is 33.7. The molecule has 14 rings (SSSR count). The van der Waals surface area contributed by atoms with Gasteiger partial charge in [0.15, 0.2) is 0 Å². The van der Waals surface area contributed by atoms with Crippen LogP contribution in [0.2, 0.25) is 0 Å². The smallest absolute Gasteiger partial charge is 0.0619 e. The van der Waals surface area contributed by atoms with E-state index in [4.69, 9.17) is 0 Å². The maximum Gasteiger partial charge on any atom is 0.0619 e. The molecule has 1 aliphatic rings. The summed E-state index contributed by atoms with van der Waals surface area (Å²) in [5.74, 6) is 0. The lowest BCUT2D eigenvalue weighted by Crippen LogP contribution is -1.95. The Bertz CT molecular complexity index is 4030. The van der Waals surface area contributed by atoms with Crippen molar-refractivity contribution in [1.29, 1.82) is 0 Å². The lowest BCUT2D eigenvalue weighted by molar-refractivity contribution is 1.18. The Kier molecular flexibility index (Phi) is 6.86. The summed E-state index contributed by atoms with van der Waals surface area (Å²) in [6.07, 6.45) is 0. The monoisotopic (exact) mass is 784 g/mol. The minimum Gasteiger partial charge on any atom is -0.309 e. The number of rotatable bonds is 4. The van der Waals surface area contributed by atoms with E-state index < -0.39 is 0 Å². The summed E-state index contributed by atoms with van der Waals surface area (Å²) in [4.78, 5) is 0. The van der Waals surface area contributed by atoms with Crippen LogP contribution in [-0.2, 0) is 0 Å². The van der Waals surface area contributed by atoms with Crippen molar-refractivity contribution in [3.63, 3.8) is 0 Å². The van der Waals surface area contributed by atoms with Crippen molar-refractivity contribution < 1.29 is 0 Å². The van der Waals surface area contributed by atoms with Gasteiger partial charge in [-0.1, -0.05) is 164 Å². The van der Waals surface area contributed by atoms with Crippen LogP contribution >= 0.6 is 0 Å². The minimum absolute atomic E-state index is 1.15. The molecule has 13 aromatic rings. The number of para-hydroxylation sites is 2. The van der Waals surface area contributed by atoms with Gasteiger partial charge in [-0.15, -0.1) is 0 Å². The van der Waals surface area contributed by atoms with Gasteiger partial charge in [0.1, 0.15) is 0 Å². The van der Waals surface area contributed by atoms with Crippen LogP contribution in [-0.4, -0.2) is 9.13 Å². The van der Waals surface area contributed by atoms with Gasteiger partial charge < -0.3 is 9.13 Å². The Labute approximate surface area is 357 Å². The van der Waals surface area contributed by atoms with Crippen molar-refractivity contribution in [2.24, 2.45) is 0 Å². The van der Waals surface area contributed by atoms with Gasteiger partial charge in [0.25, 0.3) is 0 Å². The van der Waals surface area contributed by atoms with E-state index in [0.717, 1.165) is 11.4 Å². The molecule has 0 fully saturated rings. The van der Waals surface area contributed by atoms with Crippen LogP contribution in [0.25, 0.3) is 132 Å². The lowest BCUT2D eigenvalue weighted by Gasteiger charge is -2.12. The van der Waals surface area contributed by atoms with Crippen molar-refractivity contribution in [3.05, 3.63) is 218 Å². The van der Waals surface area contributed by atoms with Crippen molar-refractivity contribution >= 4 is 75.9 Å². The molecule has 1 aliphatic carbocycles. The molecule has 0 N–H and O–H groups in total. The van der Waals surface area contributed by atoms with E-state index in [1.807, 2.05) is 0 Å². The molecule has 0 aliphatic heterocycles. The lowest BCUT2D eigenvalue weighted by atomic mass is 9.96. The van der Waals surface area contributed by atoms with E-state index in [-0.39, 0.29) is 0 Å². The van der Waals surface area contributed by atoms with Crippen molar-refractivity contribution in [2.45, 2.75) is 0 Å². The third kappa shape index (κ3) is 4.75. The van der Waals surface area contributed by atoms with Crippen LogP contribution in [0, 0.1) is 0 Å². The molecule has 0 saturated heterocycles. The second-order valence-corrected chi connectivity index (χ2v) is 16.9. The van der Waals surface area contributed by atoms with Crippen LogP contribution in [0.1, 0.15) is 0 Å². The van der Waals surface area contributed by atoms with Gasteiger partial charge in [-0.3, -0.25) is 0 Å². The molecule has 0 radical (unpaired) electrons. The normalized spacial score (nSPS) is 12.2. The molecule has 2 heteroatoms. The number of hydrogen-bond donors (Lipinski definition) is 0. The molecular formula is C60H36N2. The van der Waals surface area contributed by atoms with E-state index in [1.165, 1.54) is 120 Å². The molecule has 286 valence electrons. The quantitative estimate of drug-likeness (QED) is 0.168. The molecule has 0 saturated carbocycles. The van der Waals surface area contributed by atoms with Crippen LogP contribution in [0.4, 0.5) is 0 Å². The van der Waals surface area contributed by atoms with Gasteiger partial charge in [0.05, 0.1) is 22.1 Å². The molecule has 0 spiro atoms. The van der Waals surface area contributed by atoms with E-state index in [0.29, 0.717) is 0 Å². The van der Waals surface area contributed by atoms with Gasteiger partial charge in [0, 0.05) is 38.3 Å². The van der Waals surface area contributed by atoms with Gasteiger partial charge in [0.2, 0.25) is 0 Å². The summed E-state index contributed by atoms with van der Waals surface area (Å²) in [5.41, 5.74) is 17.3. The van der Waals surface area contributed by atoms with Gasteiger partial charge >= 0.3 is 0 Å². The molecule has 2 heterocycles. The predicted octanol–water partition coefficient (Wildman–Crippen LogP) is 16.3. The maximum atomic E-state index is 2.46. The first-order valence-electron chi connectivity index (χ1n) is 21.5. The summed E-state index contributed by atoms with van der Waals surface area (Å²) in [5, 5.41) is 12.6. The molecule has 0 unspecified atom stereocenters. The number of aromatic nitrogens is 2. The van der Waals surface area contributed by atoms with Crippen LogP contribution in [0.5, 0.6) is 0 Å². The highest BCUT2D eigenvalue weighted by Crippen LogP contribution is 2.48. The highest BCUT2D eigenvalue weighted by Gasteiger charge is 2.22. The molecular weight excluding hydrogens is 749 g/mol. The third-order valence-corrected chi connectivity index (χ3v) is 13.6. The summed E-state index contributed by atoms with van der Waals surface area (Å²) < 4.78 is 4.91. The maximum absolute atomic E-state index is 2.46. The average molecular weight is 785 g/mol. The fourth-order valence-corrected chi connectivity index (χ4v) is 10.8. The number of hydrogen-bond acceptors (Lipinski definition) is 0. The van der Waals surface area contributed by atoms with Gasteiger partial charge in [-0.05, 0) is 126 Å². The Morgan fingerprint density at radius 3 is 1.66 bits per heavy atom. The summed E-state index contributed by atoms with van der Waals surface area (Å²) in [6.45, 7) is 0. The predicted molar refractivity (Wildman–Crippen MR) is 263 cm³/mol. The Hall–Kier alpha value is -8.20. The summed E-state index contributed by atoms with van der Waals surface area (Å²) in [6, 6.07) is 81.1. The van der Waals surface area contributed by atoms with E-state index in [2.05, 4.69) is 228 Å². The minimum atomic E-state index is 1.15. The third-order valence-electron chi connectivity index (χ3n) is 13.6. The first-order chi connectivity index (χ1) is 30.7. The molecule has 0 bridgehead atoms. The highest BCUT2D eigenvalue weighted by atomic mass is 15.0. The first kappa shape index (κ1) is 33.6. The van der Waals surface area contributed by atoms with Gasteiger partial charge in [-0.2, -0.15) is 0 Å². The molecule has 0 amide bonds. The molecule has 2 nitrogen and oxygen atoms in total. The number of nitrogens with zero attached hydrogens (tertiary/aromatic N) is 2. The van der Waals surface area contributed by atoms with Crippen molar-refractivity contribution in [2.75, 3.05) is 0 Å². The molecule has 62 heavy (non-hydrogen) atoms. The highest BCUT2D eigenvalue weighted by molar-refractivity contribution is 6.20. The standard InChI is InChI=1S/C60H36N2/c1-2-13-45(14-3-1)62-58-36-43(26-30-51(58)54-31-23-38-10-4-5-15-47(38)60(54)62)42-25-29-50-49-16-6-7-19-56(49)61(57(50)35-42)46-27-22-37-20-21-40(32-44(37)33-46)41-24-28-48-52-17-8-11-39-12-9-18-53(59(39)52)55(48)34-41/h1-36H. The van der Waals surface area contributed by atoms with Gasteiger partial charge in [-0.25, -0.2) is 0 Å². The average Bonchev–Trinajstić information content (AvgIpc) is 3.97. The second kappa shape index (κ2) is 12.7. The fraction of sp³-hybridized carbons (Fsp3) is 0. The fourth-order valence-electron chi connectivity index (χ4n) is 10.8. The van der Waals surface area contributed by atoms with Crippen molar-refractivity contribution in [3.8, 4) is 55.9 Å². The van der Waals surface area contributed by atoms with Crippen LogP contribution in [0.15, 0.2) is 218 Å². The SMILES string of the molecule is c1ccc(-n2c3cc(-c4ccc5c6ccccc6n(-c6ccc7ccc(-c8ccc9c(c8)-c8cccc%10cccc-9c8%10)cc7c6)c5c4)ccc3c3ccc4ccccc4c32)cc1. The zero-order valence-electron chi connectivity index (χ0n) is 33.7. The summed E-state index contributed by atoms with van der Waals surface area (Å²) >= 11 is 0. The zero-order chi connectivity index (χ0) is 40.5. The number of benzene rings is 11. The molecule has 11 aromatic carbocycles. The topological polar surface area (TPSA) is 9.86 Å². The Morgan fingerprint density at radius 2 is 0.823 bits per heavy atom. The summed E-state index contributed by atoms with van der Waals surface area (Å²) in [7, 11) is 0. The number of fused-ring (bicyclic) bond motifs is 12. The second-order valence-electron chi connectivity index (χ2n) is 16.9. The first-order valence-corrected chi connectivity index (χ1v) is 21.5. The van der Waals surface area contributed by atoms with Crippen LogP contribution in [0.3, 0.4) is 0 Å². The van der Waals surface area contributed by atoms with E-state index in [9.17, 15) is 0 Å². The molecule has 2 aromatic heterocycles.